The van der Waals surface area contributed by atoms with Gasteiger partial charge in [-0.1, -0.05) is 23.9 Å². The number of likely N-dealkylation sites (tertiary alicyclic amines) is 1. The smallest absolute Gasteiger partial charge is 0.266 e. The van der Waals surface area contributed by atoms with Crippen LogP contribution in [0.1, 0.15) is 19.8 Å². The largest absolute Gasteiger partial charge is 0.342 e. The van der Waals surface area contributed by atoms with E-state index in [1.54, 1.807) is 36.1 Å². The van der Waals surface area contributed by atoms with Gasteiger partial charge in [-0.05, 0) is 44.0 Å². The van der Waals surface area contributed by atoms with Crippen LogP contribution >= 0.6 is 11.8 Å². The lowest BCUT2D eigenvalue weighted by atomic mass is 10.2. The standard InChI is InChI=1S/C21H19F2N3O2S/c1-13(19(27)25-10-4-5-11-25)29-21-24-17-7-3-2-6-15(17)20(28)26(21)18-9-8-14(22)12-16(18)23/h2-3,6-9,12-13H,4-5,10-11H2,1H3/t13-/m1/s1. The molecular formula is C21H19F2N3O2S. The second kappa shape index (κ2) is 7.94. The third-order valence-corrected chi connectivity index (χ3v) is 5.98. The quantitative estimate of drug-likeness (QED) is 0.481. The number of carbonyl (C=O) groups excluding carboxylic acids is 1. The summed E-state index contributed by atoms with van der Waals surface area (Å²) in [6, 6.07) is 9.78. The molecule has 0 spiro atoms. The van der Waals surface area contributed by atoms with Gasteiger partial charge in [-0.15, -0.1) is 0 Å². The van der Waals surface area contributed by atoms with Gasteiger partial charge in [0.2, 0.25) is 5.91 Å². The number of halogens is 2. The molecular weight excluding hydrogens is 396 g/mol. The molecule has 1 aromatic heterocycles. The number of hydrogen-bond acceptors (Lipinski definition) is 4. The fourth-order valence-corrected chi connectivity index (χ4v) is 4.47. The topological polar surface area (TPSA) is 55.2 Å². The Hall–Kier alpha value is -2.74. The first-order valence-corrected chi connectivity index (χ1v) is 10.3. The van der Waals surface area contributed by atoms with Gasteiger partial charge in [-0.2, -0.15) is 0 Å². The summed E-state index contributed by atoms with van der Waals surface area (Å²) < 4.78 is 29.1. The van der Waals surface area contributed by atoms with Gasteiger partial charge in [0.1, 0.15) is 11.6 Å². The fourth-order valence-electron chi connectivity index (χ4n) is 3.47. The Morgan fingerprint density at radius 3 is 2.59 bits per heavy atom. The molecule has 0 N–H and O–H groups in total. The van der Waals surface area contributed by atoms with Crippen LogP contribution in [0.4, 0.5) is 8.78 Å². The fraction of sp³-hybridized carbons (Fsp3) is 0.286. The van der Waals surface area contributed by atoms with E-state index in [2.05, 4.69) is 4.98 Å². The molecule has 0 unspecified atom stereocenters. The Morgan fingerprint density at radius 2 is 1.86 bits per heavy atom. The van der Waals surface area contributed by atoms with Gasteiger partial charge in [0, 0.05) is 19.2 Å². The molecule has 0 saturated carbocycles. The number of benzene rings is 2. The summed E-state index contributed by atoms with van der Waals surface area (Å²) in [5.74, 6) is -1.65. The zero-order valence-electron chi connectivity index (χ0n) is 15.8. The Bertz CT molecular complexity index is 1140. The highest BCUT2D eigenvalue weighted by atomic mass is 32.2. The van der Waals surface area contributed by atoms with Crippen molar-refractivity contribution in [2.75, 3.05) is 13.1 Å². The lowest BCUT2D eigenvalue weighted by molar-refractivity contribution is -0.129. The maximum atomic E-state index is 14.5. The third kappa shape index (κ3) is 3.76. The number of para-hydroxylation sites is 1. The van der Waals surface area contributed by atoms with E-state index in [0.29, 0.717) is 24.0 Å². The van der Waals surface area contributed by atoms with Crippen LogP contribution in [-0.2, 0) is 4.79 Å². The molecule has 29 heavy (non-hydrogen) atoms. The lowest BCUT2D eigenvalue weighted by Crippen LogP contribution is -2.34. The first-order chi connectivity index (χ1) is 14.0. The van der Waals surface area contributed by atoms with E-state index >= 15 is 0 Å². The van der Waals surface area contributed by atoms with Crippen LogP contribution in [0, 0.1) is 11.6 Å². The molecule has 0 radical (unpaired) electrons. The summed E-state index contributed by atoms with van der Waals surface area (Å²) in [5, 5.41) is 0.00859. The van der Waals surface area contributed by atoms with Crippen molar-refractivity contribution in [3.05, 3.63) is 64.5 Å². The number of thioether (sulfide) groups is 1. The normalized spacial score (nSPS) is 15.1. The van der Waals surface area contributed by atoms with E-state index in [0.717, 1.165) is 41.3 Å². The van der Waals surface area contributed by atoms with Crippen molar-refractivity contribution in [2.45, 2.75) is 30.2 Å². The highest BCUT2D eigenvalue weighted by molar-refractivity contribution is 8.00. The second-order valence-electron chi connectivity index (χ2n) is 6.94. The molecule has 2 aromatic carbocycles. The first-order valence-electron chi connectivity index (χ1n) is 9.38. The highest BCUT2D eigenvalue weighted by Gasteiger charge is 2.26. The van der Waals surface area contributed by atoms with Crippen LogP contribution in [0.3, 0.4) is 0 Å². The van der Waals surface area contributed by atoms with Crippen molar-refractivity contribution >= 4 is 28.6 Å². The third-order valence-electron chi connectivity index (χ3n) is 4.94. The predicted molar refractivity (Wildman–Crippen MR) is 108 cm³/mol. The number of amides is 1. The summed E-state index contributed by atoms with van der Waals surface area (Å²) in [5.41, 5.74) is -0.109. The molecule has 1 aliphatic heterocycles. The minimum absolute atomic E-state index is 0.0407. The molecule has 3 aromatic rings. The first kappa shape index (κ1) is 19.6. The molecule has 2 heterocycles. The van der Waals surface area contributed by atoms with Crippen LogP contribution in [0.25, 0.3) is 16.6 Å². The SMILES string of the molecule is C[C@@H](Sc1nc2ccccc2c(=O)n1-c1ccc(F)cc1F)C(=O)N1CCCC1. The van der Waals surface area contributed by atoms with E-state index < -0.39 is 22.4 Å². The maximum absolute atomic E-state index is 14.5. The molecule has 1 saturated heterocycles. The summed E-state index contributed by atoms with van der Waals surface area (Å²) in [6.07, 6.45) is 1.95. The molecule has 5 nitrogen and oxygen atoms in total. The van der Waals surface area contributed by atoms with Crippen molar-refractivity contribution in [1.82, 2.24) is 14.5 Å². The molecule has 1 fully saturated rings. The van der Waals surface area contributed by atoms with Crippen molar-refractivity contribution < 1.29 is 13.6 Å². The van der Waals surface area contributed by atoms with Gasteiger partial charge >= 0.3 is 0 Å². The van der Waals surface area contributed by atoms with Crippen molar-refractivity contribution in [3.63, 3.8) is 0 Å². The monoisotopic (exact) mass is 415 g/mol. The van der Waals surface area contributed by atoms with Gasteiger partial charge in [-0.3, -0.25) is 14.2 Å². The van der Waals surface area contributed by atoms with Gasteiger partial charge in [-0.25, -0.2) is 13.8 Å². The van der Waals surface area contributed by atoms with Crippen molar-refractivity contribution in [2.24, 2.45) is 0 Å². The van der Waals surface area contributed by atoms with Crippen LogP contribution in [0.5, 0.6) is 0 Å². The van der Waals surface area contributed by atoms with Crippen molar-refractivity contribution in [1.29, 1.82) is 0 Å². The maximum Gasteiger partial charge on any atom is 0.266 e. The van der Waals surface area contributed by atoms with E-state index in [9.17, 15) is 18.4 Å². The zero-order chi connectivity index (χ0) is 20.5. The summed E-state index contributed by atoms with van der Waals surface area (Å²) in [6.45, 7) is 3.18. The van der Waals surface area contributed by atoms with Crippen LogP contribution in [0.15, 0.2) is 52.4 Å². The average Bonchev–Trinajstić information content (AvgIpc) is 3.23. The molecule has 1 atom stereocenters. The molecule has 8 heteroatoms. The lowest BCUT2D eigenvalue weighted by Gasteiger charge is -2.21. The Morgan fingerprint density at radius 1 is 1.14 bits per heavy atom. The van der Waals surface area contributed by atoms with Gasteiger partial charge in [0.05, 0.1) is 21.8 Å². The number of aromatic nitrogens is 2. The van der Waals surface area contributed by atoms with E-state index in [1.807, 2.05) is 0 Å². The number of hydrogen-bond donors (Lipinski definition) is 0. The van der Waals surface area contributed by atoms with Gasteiger partial charge in [0.25, 0.3) is 5.56 Å². The highest BCUT2D eigenvalue weighted by Crippen LogP contribution is 2.28. The van der Waals surface area contributed by atoms with Gasteiger partial charge in [0.15, 0.2) is 5.16 Å². The molecule has 1 aliphatic rings. The van der Waals surface area contributed by atoms with Crippen LogP contribution < -0.4 is 5.56 Å². The van der Waals surface area contributed by atoms with Crippen LogP contribution in [0.2, 0.25) is 0 Å². The molecule has 0 aliphatic carbocycles. The number of nitrogens with zero attached hydrogens (tertiary/aromatic N) is 3. The molecule has 150 valence electrons. The number of rotatable bonds is 4. The van der Waals surface area contributed by atoms with Gasteiger partial charge < -0.3 is 4.90 Å². The molecule has 0 bridgehead atoms. The average molecular weight is 415 g/mol. The summed E-state index contributed by atoms with van der Waals surface area (Å²) >= 11 is 1.10. The molecule has 4 rings (SSSR count). The van der Waals surface area contributed by atoms with E-state index in [4.69, 9.17) is 0 Å². The van der Waals surface area contributed by atoms with Crippen LogP contribution in [-0.4, -0.2) is 38.7 Å². The summed E-state index contributed by atoms with van der Waals surface area (Å²) in [7, 11) is 0. The van der Waals surface area contributed by atoms with E-state index in [1.165, 1.54) is 6.07 Å². The van der Waals surface area contributed by atoms with E-state index in [-0.39, 0.29) is 16.8 Å². The summed E-state index contributed by atoms with van der Waals surface area (Å²) in [4.78, 5) is 32.2. The second-order valence-corrected chi connectivity index (χ2v) is 8.25. The Kier molecular flexibility index (Phi) is 5.36. The molecule has 1 amide bonds. The Balaban J connectivity index is 1.83. The number of fused-ring (bicyclic) bond motifs is 1. The zero-order valence-corrected chi connectivity index (χ0v) is 16.6. The minimum Gasteiger partial charge on any atom is -0.342 e. The predicted octanol–water partition coefficient (Wildman–Crippen LogP) is 3.77. The Labute approximate surface area is 170 Å². The number of carbonyl (C=O) groups is 1. The van der Waals surface area contributed by atoms with Crippen molar-refractivity contribution in [3.8, 4) is 5.69 Å². The minimum atomic E-state index is -0.871.